The van der Waals surface area contributed by atoms with Crippen molar-refractivity contribution < 1.29 is 14.2 Å². The molecule has 1 aromatic carbocycles. The molecule has 0 bridgehead atoms. The molecule has 4 nitrogen and oxygen atoms in total. The Labute approximate surface area is 109 Å². The van der Waals surface area contributed by atoms with Crippen molar-refractivity contribution in [3.8, 4) is 11.5 Å². The molecule has 0 amide bonds. The topological polar surface area (TPSA) is 53.7 Å². The van der Waals surface area contributed by atoms with E-state index in [1.807, 2.05) is 18.2 Å². The summed E-state index contributed by atoms with van der Waals surface area (Å²) in [5, 5.41) is 0. The predicted molar refractivity (Wildman–Crippen MR) is 72.0 cm³/mol. The zero-order chi connectivity index (χ0) is 13.4. The molecule has 1 aromatic rings. The first kappa shape index (κ1) is 14.8. The molecule has 0 saturated carbocycles. The van der Waals surface area contributed by atoms with Crippen LogP contribution in [-0.4, -0.2) is 26.9 Å². The van der Waals surface area contributed by atoms with E-state index in [0.717, 1.165) is 17.9 Å². The van der Waals surface area contributed by atoms with Crippen molar-refractivity contribution in [3.05, 3.63) is 23.8 Å². The van der Waals surface area contributed by atoms with E-state index >= 15 is 0 Å². The van der Waals surface area contributed by atoms with Gasteiger partial charge in [0.1, 0.15) is 6.61 Å². The normalized spacial score (nSPS) is 10.7. The molecule has 0 unspecified atom stereocenters. The van der Waals surface area contributed by atoms with Crippen LogP contribution in [0.25, 0.3) is 0 Å². The van der Waals surface area contributed by atoms with Gasteiger partial charge in [-0.3, -0.25) is 0 Å². The second-order valence-electron chi connectivity index (χ2n) is 4.51. The Bertz CT molecular complexity index is 353. The maximum absolute atomic E-state index is 5.62. The number of hydrogen-bond donors (Lipinski definition) is 1. The van der Waals surface area contributed by atoms with E-state index in [0.29, 0.717) is 31.4 Å². The largest absolute Gasteiger partial charge is 0.493 e. The predicted octanol–water partition coefficient (Wildman–Crippen LogP) is 2.21. The Morgan fingerprint density at radius 2 is 1.94 bits per heavy atom. The monoisotopic (exact) mass is 253 g/mol. The lowest BCUT2D eigenvalue weighted by molar-refractivity contribution is 0.0811. The van der Waals surface area contributed by atoms with Gasteiger partial charge in [0, 0.05) is 13.2 Å². The van der Waals surface area contributed by atoms with Crippen molar-refractivity contribution in [2.45, 2.75) is 20.4 Å². The van der Waals surface area contributed by atoms with Crippen LogP contribution < -0.4 is 15.2 Å². The molecule has 2 N–H and O–H groups in total. The van der Waals surface area contributed by atoms with Crippen LogP contribution in [0, 0.1) is 5.92 Å². The summed E-state index contributed by atoms with van der Waals surface area (Å²) in [4.78, 5) is 0. The average molecular weight is 253 g/mol. The molecule has 18 heavy (non-hydrogen) atoms. The highest BCUT2D eigenvalue weighted by molar-refractivity contribution is 5.42. The van der Waals surface area contributed by atoms with Crippen LogP contribution in [0.4, 0.5) is 0 Å². The Balaban J connectivity index is 2.41. The molecule has 0 saturated heterocycles. The number of nitrogens with two attached hydrogens (primary N) is 1. The van der Waals surface area contributed by atoms with Gasteiger partial charge in [-0.25, -0.2) is 0 Å². The Morgan fingerprint density at radius 3 is 2.56 bits per heavy atom. The lowest BCUT2D eigenvalue weighted by Crippen LogP contribution is -2.10. The molecule has 0 aromatic heterocycles. The van der Waals surface area contributed by atoms with Crippen LogP contribution >= 0.6 is 0 Å². The van der Waals surface area contributed by atoms with E-state index in [4.69, 9.17) is 19.9 Å². The van der Waals surface area contributed by atoms with E-state index < -0.39 is 0 Å². The van der Waals surface area contributed by atoms with E-state index in [1.54, 1.807) is 7.11 Å². The Morgan fingerprint density at radius 1 is 1.17 bits per heavy atom. The first-order chi connectivity index (χ1) is 8.67. The van der Waals surface area contributed by atoms with E-state index in [1.165, 1.54) is 0 Å². The summed E-state index contributed by atoms with van der Waals surface area (Å²) in [6.07, 6.45) is 0. The molecule has 0 aliphatic heterocycles. The number of rotatable bonds is 8. The third-order valence-corrected chi connectivity index (χ3v) is 2.40. The highest BCUT2D eigenvalue weighted by atomic mass is 16.5. The van der Waals surface area contributed by atoms with Gasteiger partial charge in [-0.05, 0) is 23.6 Å². The molecular weight excluding hydrogens is 230 g/mol. The molecule has 1 rings (SSSR count). The number of benzene rings is 1. The van der Waals surface area contributed by atoms with Crippen LogP contribution in [0.5, 0.6) is 11.5 Å². The third kappa shape index (κ3) is 4.94. The van der Waals surface area contributed by atoms with Gasteiger partial charge in [0.25, 0.3) is 0 Å². The van der Waals surface area contributed by atoms with Gasteiger partial charge >= 0.3 is 0 Å². The first-order valence-corrected chi connectivity index (χ1v) is 6.25. The minimum atomic E-state index is 0.494. The fourth-order valence-electron chi connectivity index (χ4n) is 1.49. The summed E-state index contributed by atoms with van der Waals surface area (Å²) in [6, 6.07) is 5.71. The van der Waals surface area contributed by atoms with Crippen molar-refractivity contribution in [1.29, 1.82) is 0 Å². The van der Waals surface area contributed by atoms with Crippen molar-refractivity contribution in [2.75, 3.05) is 26.9 Å². The molecule has 0 radical (unpaired) electrons. The fourth-order valence-corrected chi connectivity index (χ4v) is 1.49. The zero-order valence-corrected chi connectivity index (χ0v) is 11.4. The Kier molecular flexibility index (Phi) is 6.54. The average Bonchev–Trinajstić information content (AvgIpc) is 2.38. The summed E-state index contributed by atoms with van der Waals surface area (Å²) in [5.41, 5.74) is 6.60. The second-order valence-corrected chi connectivity index (χ2v) is 4.51. The van der Waals surface area contributed by atoms with Gasteiger partial charge in [-0.15, -0.1) is 0 Å². The summed E-state index contributed by atoms with van der Waals surface area (Å²) < 4.78 is 16.3. The fraction of sp³-hybridized carbons (Fsp3) is 0.571. The Hall–Kier alpha value is -1.26. The third-order valence-electron chi connectivity index (χ3n) is 2.40. The maximum Gasteiger partial charge on any atom is 0.161 e. The molecule has 4 heteroatoms. The lowest BCUT2D eigenvalue weighted by atomic mass is 10.2. The van der Waals surface area contributed by atoms with Crippen molar-refractivity contribution in [3.63, 3.8) is 0 Å². The summed E-state index contributed by atoms with van der Waals surface area (Å²) in [7, 11) is 1.62. The highest BCUT2D eigenvalue weighted by Gasteiger charge is 2.05. The maximum atomic E-state index is 5.62. The molecule has 0 aliphatic carbocycles. The number of ether oxygens (including phenoxy) is 3. The molecule has 0 spiro atoms. The minimum absolute atomic E-state index is 0.494. The molecule has 0 heterocycles. The molecule has 0 fully saturated rings. The van der Waals surface area contributed by atoms with Crippen molar-refractivity contribution in [2.24, 2.45) is 11.7 Å². The van der Waals surface area contributed by atoms with Gasteiger partial charge in [0.05, 0.1) is 13.7 Å². The lowest BCUT2D eigenvalue weighted by Gasteiger charge is -2.12. The van der Waals surface area contributed by atoms with E-state index in [-0.39, 0.29) is 0 Å². The first-order valence-electron chi connectivity index (χ1n) is 6.25. The summed E-state index contributed by atoms with van der Waals surface area (Å²) in [5.74, 6) is 1.98. The smallest absolute Gasteiger partial charge is 0.161 e. The van der Waals surface area contributed by atoms with Gasteiger partial charge in [0.15, 0.2) is 11.5 Å². The van der Waals surface area contributed by atoms with E-state index in [2.05, 4.69) is 13.8 Å². The van der Waals surface area contributed by atoms with Gasteiger partial charge < -0.3 is 19.9 Å². The van der Waals surface area contributed by atoms with Gasteiger partial charge in [0.2, 0.25) is 0 Å². The minimum Gasteiger partial charge on any atom is -0.493 e. The molecule has 102 valence electrons. The molecular formula is C14H23NO3. The summed E-state index contributed by atoms with van der Waals surface area (Å²) in [6.45, 7) is 6.59. The SMILES string of the molecule is COc1cc(CN)ccc1OCCOCC(C)C. The standard InChI is InChI=1S/C14H23NO3/c1-11(2)10-17-6-7-18-13-5-4-12(9-15)8-14(13)16-3/h4-5,8,11H,6-7,9-10,15H2,1-3H3. The number of methoxy groups -OCH3 is 1. The second kappa shape index (κ2) is 7.95. The quantitative estimate of drug-likeness (QED) is 0.722. The van der Waals surface area contributed by atoms with Crippen molar-refractivity contribution >= 4 is 0 Å². The number of hydrogen-bond acceptors (Lipinski definition) is 4. The summed E-state index contributed by atoms with van der Waals surface area (Å²) >= 11 is 0. The molecule has 0 atom stereocenters. The van der Waals surface area contributed by atoms with Gasteiger partial charge in [-0.1, -0.05) is 19.9 Å². The van der Waals surface area contributed by atoms with Crippen molar-refractivity contribution in [1.82, 2.24) is 0 Å². The van der Waals surface area contributed by atoms with Crippen LogP contribution in [0.15, 0.2) is 18.2 Å². The van der Waals surface area contributed by atoms with Crippen LogP contribution in [0.1, 0.15) is 19.4 Å². The van der Waals surface area contributed by atoms with Gasteiger partial charge in [-0.2, -0.15) is 0 Å². The van der Waals surface area contributed by atoms with Crippen LogP contribution in [-0.2, 0) is 11.3 Å². The van der Waals surface area contributed by atoms with E-state index in [9.17, 15) is 0 Å². The molecule has 0 aliphatic rings. The zero-order valence-electron chi connectivity index (χ0n) is 11.4. The highest BCUT2D eigenvalue weighted by Crippen LogP contribution is 2.27. The van der Waals surface area contributed by atoms with Crippen LogP contribution in [0.2, 0.25) is 0 Å². The van der Waals surface area contributed by atoms with Crippen LogP contribution in [0.3, 0.4) is 0 Å².